The van der Waals surface area contributed by atoms with E-state index in [2.05, 4.69) is 32.9 Å². The summed E-state index contributed by atoms with van der Waals surface area (Å²) in [7, 11) is 8.50. The molecule has 0 fully saturated rings. The van der Waals surface area contributed by atoms with Crippen molar-refractivity contribution < 1.29 is 19.1 Å². The van der Waals surface area contributed by atoms with Crippen LogP contribution < -0.4 is 0 Å². The fourth-order valence-electron chi connectivity index (χ4n) is 0.123. The highest BCUT2D eigenvalue weighted by atomic mass is 16.7. The van der Waals surface area contributed by atoms with Crippen LogP contribution in [0.15, 0.2) is 0 Å². The van der Waals surface area contributed by atoms with Gasteiger partial charge in [0.2, 0.25) is 0 Å². The van der Waals surface area contributed by atoms with Gasteiger partial charge >= 0.3 is 6.16 Å². The monoisotopic (exact) mass is 164 g/mol. The maximum absolute atomic E-state index is 9.38. The Kier molecular flexibility index (Phi) is 6.99. The molecule has 68 valence electrons. The summed E-state index contributed by atoms with van der Waals surface area (Å²) in [6, 6.07) is 0. The molecule has 0 aliphatic carbocycles. The summed E-state index contributed by atoms with van der Waals surface area (Å²) in [4.78, 5) is 9.38. The molecule has 0 aromatic rings. The summed E-state index contributed by atoms with van der Waals surface area (Å²) < 4.78 is 4.96. The van der Waals surface area contributed by atoms with Crippen molar-refractivity contribution in [3.8, 4) is 0 Å². The molecule has 0 rings (SSSR count). The molecule has 0 atom stereocenters. The van der Waals surface area contributed by atoms with Crippen LogP contribution in [0.25, 0.3) is 0 Å². The van der Waals surface area contributed by atoms with Gasteiger partial charge in [-0.3, -0.25) is 0 Å². The predicted octanol–water partition coefficient (Wildman–Crippen LogP) is 1.02. The molecule has 4 nitrogen and oxygen atoms in total. The third-order valence-corrected chi connectivity index (χ3v) is 0.268. The van der Waals surface area contributed by atoms with Crippen LogP contribution in [0.2, 0.25) is 0 Å². The lowest BCUT2D eigenvalue weighted by Crippen LogP contribution is -2.27. The normalized spacial score (nSPS) is 9.55. The van der Waals surface area contributed by atoms with Crippen molar-refractivity contribution in [1.82, 2.24) is 0 Å². The molecule has 4 heteroatoms. The van der Waals surface area contributed by atoms with Gasteiger partial charge in [0.1, 0.15) is 0 Å². The maximum Gasteiger partial charge on any atom is 0.505 e. The number of hydrogen-bond acceptors (Lipinski definition) is 2. The van der Waals surface area contributed by atoms with Crippen molar-refractivity contribution in [3.63, 3.8) is 0 Å². The van der Waals surface area contributed by atoms with E-state index in [1.165, 1.54) is 0 Å². The van der Waals surface area contributed by atoms with Crippen LogP contribution in [0.5, 0.6) is 0 Å². The van der Waals surface area contributed by atoms with Crippen molar-refractivity contribution >= 4 is 6.16 Å². The molecule has 0 bridgehead atoms. The van der Waals surface area contributed by atoms with E-state index in [9.17, 15) is 4.79 Å². The lowest BCUT2D eigenvalue weighted by Gasteiger charge is -2.14. The number of rotatable bonds is 1. The molecule has 0 saturated carbocycles. The molecule has 0 aromatic carbocycles. The second-order valence-corrected chi connectivity index (χ2v) is 3.38. The van der Waals surface area contributed by atoms with Gasteiger partial charge in [-0.25, -0.2) is 4.79 Å². The van der Waals surface area contributed by atoms with Crippen molar-refractivity contribution in [2.24, 2.45) is 0 Å². The molecule has 0 spiro atoms. The van der Waals surface area contributed by atoms with E-state index in [1.807, 2.05) is 0 Å². The van der Waals surface area contributed by atoms with Crippen LogP contribution in [0.1, 0.15) is 6.92 Å². The topological polar surface area (TPSA) is 46.5 Å². The molecule has 0 aromatic heterocycles. The highest BCUT2D eigenvalue weighted by molar-refractivity contribution is 5.56. The van der Waals surface area contributed by atoms with Gasteiger partial charge in [0.05, 0.1) is 34.8 Å². The maximum atomic E-state index is 9.38. The average Bonchev–Trinajstić information content (AvgIpc) is 1.58. The summed E-state index contributed by atoms with van der Waals surface area (Å²) >= 11 is 0. The van der Waals surface area contributed by atoms with E-state index in [4.69, 9.17) is 5.11 Å². The highest BCUT2D eigenvalue weighted by Crippen LogP contribution is 1.73. The van der Waals surface area contributed by atoms with E-state index < -0.39 is 6.16 Å². The Morgan fingerprint density at radius 1 is 1.36 bits per heavy atom. The standard InChI is InChI=1S/C4H12N.C3H6O3/c1-5(2,3)4;1-2-6-3(4)5/h1-4H3;2H2,1H3,(H,4,5)/q+1;. The minimum atomic E-state index is -1.21. The molecule has 0 aliphatic rings. The quantitative estimate of drug-likeness (QED) is 0.465. The molecule has 0 radical (unpaired) electrons. The zero-order valence-corrected chi connectivity index (χ0v) is 7.92. The third-order valence-electron chi connectivity index (χ3n) is 0.268. The first kappa shape index (κ1) is 12.9. The van der Waals surface area contributed by atoms with Crippen molar-refractivity contribution in [2.75, 3.05) is 34.8 Å². The first-order chi connectivity index (χ1) is 4.77. The van der Waals surface area contributed by atoms with Crippen molar-refractivity contribution in [3.05, 3.63) is 0 Å². The number of carboxylic acid groups (broad SMARTS) is 1. The molecule has 1 N–H and O–H groups in total. The van der Waals surface area contributed by atoms with Gasteiger partial charge in [0.15, 0.2) is 0 Å². The first-order valence-electron chi connectivity index (χ1n) is 3.42. The third kappa shape index (κ3) is 97.0. The Balaban J connectivity index is 0. The van der Waals surface area contributed by atoms with Gasteiger partial charge in [-0.2, -0.15) is 0 Å². The van der Waals surface area contributed by atoms with Gasteiger partial charge in [-0.05, 0) is 6.92 Å². The molecule has 0 heterocycles. The van der Waals surface area contributed by atoms with Crippen LogP contribution in [0.3, 0.4) is 0 Å². The lowest BCUT2D eigenvalue weighted by molar-refractivity contribution is -0.849. The Morgan fingerprint density at radius 2 is 1.64 bits per heavy atom. The van der Waals surface area contributed by atoms with Crippen LogP contribution in [-0.2, 0) is 4.74 Å². The number of nitrogens with zero attached hydrogens (tertiary/aromatic N) is 1. The highest BCUT2D eigenvalue weighted by Gasteiger charge is 1.88. The van der Waals surface area contributed by atoms with E-state index in [1.54, 1.807) is 6.92 Å². The fraction of sp³-hybridized carbons (Fsp3) is 0.857. The molecule has 0 amide bonds. The van der Waals surface area contributed by atoms with Gasteiger partial charge in [0, 0.05) is 0 Å². The van der Waals surface area contributed by atoms with Gasteiger partial charge in [-0.15, -0.1) is 0 Å². The van der Waals surface area contributed by atoms with Crippen LogP contribution in [-0.4, -0.2) is 50.5 Å². The first-order valence-corrected chi connectivity index (χ1v) is 3.42. The van der Waals surface area contributed by atoms with Crippen LogP contribution in [0, 0.1) is 0 Å². The number of carbonyl (C=O) groups is 1. The van der Waals surface area contributed by atoms with E-state index >= 15 is 0 Å². The molecular weight excluding hydrogens is 146 g/mol. The predicted molar refractivity (Wildman–Crippen MR) is 43.6 cm³/mol. The summed E-state index contributed by atoms with van der Waals surface area (Å²) in [5, 5.41) is 7.69. The van der Waals surface area contributed by atoms with Gasteiger partial charge in [-0.1, -0.05) is 0 Å². The summed E-state index contributed by atoms with van der Waals surface area (Å²) in [6.07, 6.45) is -1.21. The Morgan fingerprint density at radius 3 is 1.64 bits per heavy atom. The lowest BCUT2D eigenvalue weighted by atomic mass is 10.8. The molecule has 0 unspecified atom stereocenters. The Bertz CT molecular complexity index is 101. The number of quaternary nitrogens is 1. The molecule has 0 aliphatic heterocycles. The largest absolute Gasteiger partial charge is 0.505 e. The van der Waals surface area contributed by atoms with E-state index in [0.717, 1.165) is 4.48 Å². The Labute approximate surface area is 68.0 Å². The second-order valence-electron chi connectivity index (χ2n) is 3.38. The van der Waals surface area contributed by atoms with Gasteiger partial charge < -0.3 is 14.3 Å². The zero-order chi connectivity index (χ0) is 9.49. The fourth-order valence-corrected chi connectivity index (χ4v) is 0.123. The zero-order valence-electron chi connectivity index (χ0n) is 7.92. The van der Waals surface area contributed by atoms with Crippen LogP contribution in [0.4, 0.5) is 4.79 Å². The minimum absolute atomic E-state index is 0.231. The van der Waals surface area contributed by atoms with E-state index in [-0.39, 0.29) is 6.61 Å². The smallest absolute Gasteiger partial charge is 0.450 e. The van der Waals surface area contributed by atoms with Crippen molar-refractivity contribution in [1.29, 1.82) is 0 Å². The Hall–Kier alpha value is -0.770. The molecular formula is C7H18NO3+. The molecule has 11 heavy (non-hydrogen) atoms. The molecule has 0 saturated heterocycles. The SMILES string of the molecule is CCOC(=O)O.C[N+](C)(C)C. The average molecular weight is 164 g/mol. The number of hydrogen-bond donors (Lipinski definition) is 1. The van der Waals surface area contributed by atoms with Crippen molar-refractivity contribution in [2.45, 2.75) is 6.92 Å². The van der Waals surface area contributed by atoms with Crippen LogP contribution >= 0.6 is 0 Å². The van der Waals surface area contributed by atoms with E-state index in [0.29, 0.717) is 0 Å². The minimum Gasteiger partial charge on any atom is -0.450 e. The summed E-state index contributed by atoms with van der Waals surface area (Å²) in [5.74, 6) is 0. The van der Waals surface area contributed by atoms with Gasteiger partial charge in [0.25, 0.3) is 0 Å². The number of ether oxygens (including phenoxy) is 1. The summed E-state index contributed by atoms with van der Waals surface area (Å²) in [5.41, 5.74) is 0. The second kappa shape index (κ2) is 5.97. The summed E-state index contributed by atoms with van der Waals surface area (Å²) in [6.45, 7) is 1.85.